The van der Waals surface area contributed by atoms with Crippen LogP contribution < -0.4 is 5.73 Å². The second-order valence-electron chi connectivity index (χ2n) is 0.354. The Labute approximate surface area is 42.3 Å². The number of hydrogen-bond donors (Lipinski definition) is 1. The summed E-state index contributed by atoms with van der Waals surface area (Å²) in [4.78, 5) is 8.46. The second-order valence-corrected chi connectivity index (χ2v) is 0.825. The third-order valence-electron chi connectivity index (χ3n) is 0. The first-order valence-electron chi connectivity index (χ1n) is 1.31. The van der Waals surface area contributed by atoms with Crippen LogP contribution >= 0.6 is 12.2 Å². The van der Waals surface area contributed by atoms with E-state index in [2.05, 4.69) is 18.0 Å². The maximum Gasteiger partial charge on any atom is 0.306 e. The van der Waals surface area contributed by atoms with E-state index in [0.717, 1.165) is 6.41 Å². The lowest BCUT2D eigenvalue weighted by atomic mass is 11.0. The van der Waals surface area contributed by atoms with Gasteiger partial charge in [0.2, 0.25) is 0 Å². The smallest absolute Gasteiger partial charge is 0.306 e. The summed E-state index contributed by atoms with van der Waals surface area (Å²) in [6.07, 6.45) is 1.00. The fraction of sp³-hybridized carbons (Fsp3) is 0.333. The van der Waals surface area contributed by atoms with E-state index in [1.54, 1.807) is 5.37 Å². The molecule has 0 aliphatic heterocycles. The third-order valence-corrected chi connectivity index (χ3v) is 0. The van der Waals surface area contributed by atoms with Gasteiger partial charge in [-0.2, -0.15) is 0 Å². The van der Waals surface area contributed by atoms with Crippen LogP contribution in [0.4, 0.5) is 0 Å². The van der Waals surface area contributed by atoms with Crippen LogP contribution in [-0.4, -0.2) is 11.8 Å². The van der Waals surface area contributed by atoms with Crippen molar-refractivity contribution in [3.8, 4) is 0 Å². The Morgan fingerprint density at radius 1 is 2.00 bits per heavy atom. The third kappa shape index (κ3) is 121. The first kappa shape index (κ1) is 9.12. The molecule has 0 bridgehead atoms. The van der Waals surface area contributed by atoms with Crippen LogP contribution in [0.15, 0.2) is 0 Å². The van der Waals surface area contributed by atoms with Crippen LogP contribution in [0, 0.1) is 0 Å². The zero-order valence-electron chi connectivity index (χ0n) is 3.47. The molecule has 0 aromatic heterocycles. The van der Waals surface area contributed by atoms with Crippen LogP contribution in [0.25, 0.3) is 0 Å². The SMILES string of the molecule is CC=S.N[C]=O. The van der Waals surface area contributed by atoms with Crippen LogP contribution in [0.1, 0.15) is 6.92 Å². The Morgan fingerprint density at radius 3 is 2.00 bits per heavy atom. The van der Waals surface area contributed by atoms with Crippen molar-refractivity contribution in [2.24, 2.45) is 5.73 Å². The number of amides is 1. The van der Waals surface area contributed by atoms with Gasteiger partial charge in [-0.15, -0.1) is 0 Å². The van der Waals surface area contributed by atoms with E-state index in [1.807, 2.05) is 6.92 Å². The molecular formula is C3H6NOS. The Kier molecular flexibility index (Phi) is 36.1. The standard InChI is InChI=1S/C2H4S.CH2NO/c1-2-3;2-1-3/h2H,1H3;(H2,2,3). The molecule has 0 saturated heterocycles. The highest BCUT2D eigenvalue weighted by Crippen LogP contribution is 1.32. The summed E-state index contributed by atoms with van der Waals surface area (Å²) in [6.45, 7) is 1.81. The Morgan fingerprint density at radius 2 is 2.00 bits per heavy atom. The zero-order valence-corrected chi connectivity index (χ0v) is 4.29. The van der Waals surface area contributed by atoms with Gasteiger partial charge >= 0.3 is 6.41 Å². The molecule has 1 amide bonds. The fourth-order valence-corrected chi connectivity index (χ4v) is 0. The van der Waals surface area contributed by atoms with E-state index in [1.165, 1.54) is 0 Å². The van der Waals surface area contributed by atoms with Crippen molar-refractivity contribution in [3.05, 3.63) is 0 Å². The lowest BCUT2D eigenvalue weighted by Crippen LogP contribution is -1.82. The fourth-order valence-electron chi connectivity index (χ4n) is 0. The molecule has 1 radical (unpaired) electrons. The van der Waals surface area contributed by atoms with Crippen molar-refractivity contribution in [2.75, 3.05) is 0 Å². The van der Waals surface area contributed by atoms with Crippen molar-refractivity contribution >= 4 is 24.0 Å². The van der Waals surface area contributed by atoms with E-state index in [-0.39, 0.29) is 0 Å². The molecule has 35 valence electrons. The van der Waals surface area contributed by atoms with Crippen molar-refractivity contribution in [1.82, 2.24) is 0 Å². The number of hydrogen-bond acceptors (Lipinski definition) is 2. The monoisotopic (exact) mass is 104 g/mol. The quantitative estimate of drug-likeness (QED) is 0.348. The highest BCUT2D eigenvalue weighted by atomic mass is 32.1. The summed E-state index contributed by atoms with van der Waals surface area (Å²) in [5.41, 5.74) is 4.04. The summed E-state index contributed by atoms with van der Waals surface area (Å²) in [5, 5.41) is 1.58. The topological polar surface area (TPSA) is 43.1 Å². The van der Waals surface area contributed by atoms with Gasteiger partial charge in [0.05, 0.1) is 0 Å². The maximum atomic E-state index is 8.46. The predicted octanol–water partition coefficient (Wildman–Crippen LogP) is 0.0183. The van der Waals surface area contributed by atoms with E-state index in [0.29, 0.717) is 0 Å². The Balaban J connectivity index is 0. The first-order chi connectivity index (χ1) is 2.83. The molecule has 0 spiro atoms. The van der Waals surface area contributed by atoms with E-state index in [4.69, 9.17) is 4.79 Å². The maximum absolute atomic E-state index is 8.46. The number of primary amides is 1. The molecule has 0 fully saturated rings. The first-order valence-corrected chi connectivity index (χ1v) is 1.78. The minimum atomic E-state index is 1.00. The van der Waals surface area contributed by atoms with E-state index < -0.39 is 0 Å². The second kappa shape index (κ2) is 23.7. The molecule has 0 aliphatic rings. The van der Waals surface area contributed by atoms with Gasteiger partial charge in [-0.1, -0.05) is 12.2 Å². The molecule has 2 N–H and O–H groups in total. The number of nitrogens with two attached hydrogens (primary N) is 1. The summed E-state index contributed by atoms with van der Waals surface area (Å²) in [6, 6.07) is 0. The molecule has 0 rings (SSSR count). The summed E-state index contributed by atoms with van der Waals surface area (Å²) in [5.74, 6) is 0. The van der Waals surface area contributed by atoms with Gasteiger partial charge in [0.25, 0.3) is 0 Å². The van der Waals surface area contributed by atoms with Crippen LogP contribution in [0.3, 0.4) is 0 Å². The number of carbonyl (C=O) groups excluding carboxylic acids is 1. The lowest BCUT2D eigenvalue weighted by Gasteiger charge is -1.28. The van der Waals surface area contributed by atoms with Crippen molar-refractivity contribution in [1.29, 1.82) is 0 Å². The van der Waals surface area contributed by atoms with Crippen LogP contribution in [-0.2, 0) is 4.79 Å². The number of thiocarbonyl (C=S) groups is 1. The van der Waals surface area contributed by atoms with Crippen LogP contribution in [0.2, 0.25) is 0 Å². The predicted molar refractivity (Wildman–Crippen MR) is 29.2 cm³/mol. The molecule has 6 heavy (non-hydrogen) atoms. The van der Waals surface area contributed by atoms with E-state index in [9.17, 15) is 0 Å². The molecule has 0 aromatic carbocycles. The van der Waals surface area contributed by atoms with E-state index >= 15 is 0 Å². The summed E-state index contributed by atoms with van der Waals surface area (Å²) >= 11 is 4.27. The molecule has 0 aromatic rings. The molecule has 0 saturated carbocycles. The van der Waals surface area contributed by atoms with Crippen molar-refractivity contribution < 1.29 is 4.79 Å². The summed E-state index contributed by atoms with van der Waals surface area (Å²) in [7, 11) is 0. The van der Waals surface area contributed by atoms with Gasteiger partial charge in [0, 0.05) is 0 Å². The van der Waals surface area contributed by atoms with Crippen molar-refractivity contribution in [3.63, 3.8) is 0 Å². The molecule has 0 atom stereocenters. The van der Waals surface area contributed by atoms with Gasteiger partial charge in [-0.3, -0.25) is 4.79 Å². The van der Waals surface area contributed by atoms with Gasteiger partial charge in [-0.25, -0.2) is 0 Å². The lowest BCUT2D eigenvalue weighted by molar-refractivity contribution is 0.557. The van der Waals surface area contributed by atoms with Gasteiger partial charge < -0.3 is 5.73 Å². The minimum Gasteiger partial charge on any atom is -0.361 e. The minimum absolute atomic E-state index is 1.00. The van der Waals surface area contributed by atoms with Gasteiger partial charge in [0.15, 0.2) is 0 Å². The molecule has 2 nitrogen and oxygen atoms in total. The van der Waals surface area contributed by atoms with Crippen molar-refractivity contribution in [2.45, 2.75) is 6.92 Å². The van der Waals surface area contributed by atoms with Crippen LogP contribution in [0.5, 0.6) is 0 Å². The number of rotatable bonds is 0. The summed E-state index contributed by atoms with van der Waals surface area (Å²) < 4.78 is 0. The molecular weight excluding hydrogens is 98.1 g/mol. The molecule has 3 heteroatoms. The largest absolute Gasteiger partial charge is 0.361 e. The zero-order chi connectivity index (χ0) is 5.41. The highest BCUT2D eigenvalue weighted by Gasteiger charge is 1.25. The molecule has 0 aliphatic carbocycles. The average Bonchev–Trinajstić information content (AvgIpc) is 1.39. The normalized spacial score (nSPS) is 4.17. The van der Waals surface area contributed by atoms with Gasteiger partial charge in [0.1, 0.15) is 0 Å². The molecule has 0 heterocycles. The van der Waals surface area contributed by atoms with Gasteiger partial charge in [-0.05, 0) is 12.3 Å². The molecule has 0 unspecified atom stereocenters. The Hall–Kier alpha value is -0.440. The highest BCUT2D eigenvalue weighted by molar-refractivity contribution is 7.78. The Bertz CT molecular complexity index is 31.8. The average molecular weight is 104 g/mol.